The molecule has 2 aromatic rings. The third-order valence-corrected chi connectivity index (χ3v) is 3.40. The highest BCUT2D eigenvalue weighted by molar-refractivity contribution is 5.84. The molecule has 0 aliphatic heterocycles. The molecule has 6 heteroatoms. The maximum Gasteiger partial charge on any atom is 0.164 e. The van der Waals surface area contributed by atoms with Crippen molar-refractivity contribution in [3.05, 3.63) is 52.7 Å². The van der Waals surface area contributed by atoms with Gasteiger partial charge in [-0.05, 0) is 31.5 Å². The highest BCUT2D eigenvalue weighted by Crippen LogP contribution is 2.20. The van der Waals surface area contributed by atoms with Crippen LogP contribution in [0.25, 0.3) is 0 Å². The number of hydrogen-bond donors (Lipinski definition) is 1. The highest BCUT2D eigenvalue weighted by Gasteiger charge is 2.10. The van der Waals surface area contributed by atoms with Crippen LogP contribution in [0.4, 0.5) is 5.82 Å². The molecule has 0 unspecified atom stereocenters. The molecular weight excluding hydrogens is 316 g/mol. The summed E-state index contributed by atoms with van der Waals surface area (Å²) in [7, 11) is 1.59. The summed E-state index contributed by atoms with van der Waals surface area (Å²) in [6, 6.07) is 11.7. The van der Waals surface area contributed by atoms with Gasteiger partial charge in [0.2, 0.25) is 0 Å². The number of nitriles is 1. The number of aromatic nitrogens is 1. The predicted molar refractivity (Wildman–Crippen MR) is 97.8 cm³/mol. The van der Waals surface area contributed by atoms with E-state index in [2.05, 4.69) is 28.5 Å². The fraction of sp³-hybridized carbons (Fsp3) is 0.316. The second kappa shape index (κ2) is 9.40. The van der Waals surface area contributed by atoms with E-state index in [1.807, 2.05) is 37.3 Å². The van der Waals surface area contributed by atoms with Crippen molar-refractivity contribution in [2.24, 2.45) is 5.10 Å². The number of nitrogens with zero attached hydrogens (tertiary/aromatic N) is 3. The van der Waals surface area contributed by atoms with Crippen molar-refractivity contribution in [1.29, 1.82) is 5.26 Å². The van der Waals surface area contributed by atoms with E-state index in [4.69, 9.17) is 9.47 Å². The minimum absolute atomic E-state index is 0.346. The molecule has 0 saturated carbocycles. The summed E-state index contributed by atoms with van der Waals surface area (Å²) < 4.78 is 10.8. The Morgan fingerprint density at radius 1 is 1.36 bits per heavy atom. The third kappa shape index (κ3) is 5.03. The number of hydrazone groups is 1. The maximum absolute atomic E-state index is 9.42. The molecule has 0 saturated heterocycles. The SMILES string of the molecule is CCCOc1ccccc1/C=N\Nc1nc(C)cc(COC)c1C#N. The first-order chi connectivity index (χ1) is 12.2. The third-order valence-electron chi connectivity index (χ3n) is 3.40. The van der Waals surface area contributed by atoms with Gasteiger partial charge in [0.05, 0.1) is 19.4 Å². The lowest BCUT2D eigenvalue weighted by Crippen LogP contribution is -2.04. The van der Waals surface area contributed by atoms with Crippen LogP contribution in [0.5, 0.6) is 5.75 Å². The Kier molecular flexibility index (Phi) is 6.93. The summed E-state index contributed by atoms with van der Waals surface area (Å²) in [6.07, 6.45) is 2.59. The van der Waals surface area contributed by atoms with Crippen LogP contribution in [0, 0.1) is 18.3 Å². The van der Waals surface area contributed by atoms with Gasteiger partial charge in [0.15, 0.2) is 5.82 Å². The molecule has 0 amide bonds. The van der Waals surface area contributed by atoms with E-state index in [0.717, 1.165) is 29.0 Å². The van der Waals surface area contributed by atoms with Crippen molar-refractivity contribution in [2.45, 2.75) is 26.9 Å². The first-order valence-corrected chi connectivity index (χ1v) is 8.10. The van der Waals surface area contributed by atoms with Crippen molar-refractivity contribution in [2.75, 3.05) is 19.1 Å². The molecule has 0 fully saturated rings. The molecule has 0 aliphatic rings. The molecule has 2 rings (SSSR count). The molecular formula is C19H22N4O2. The van der Waals surface area contributed by atoms with Gasteiger partial charge in [-0.2, -0.15) is 10.4 Å². The summed E-state index contributed by atoms with van der Waals surface area (Å²) in [4.78, 5) is 4.36. The van der Waals surface area contributed by atoms with Crippen LogP contribution in [0.3, 0.4) is 0 Å². The van der Waals surface area contributed by atoms with Crippen LogP contribution < -0.4 is 10.2 Å². The molecule has 0 spiro atoms. The van der Waals surface area contributed by atoms with Gasteiger partial charge >= 0.3 is 0 Å². The van der Waals surface area contributed by atoms with Gasteiger partial charge in [0.1, 0.15) is 17.4 Å². The van der Waals surface area contributed by atoms with Crippen LogP contribution >= 0.6 is 0 Å². The largest absolute Gasteiger partial charge is 0.493 e. The number of para-hydroxylation sites is 1. The van der Waals surface area contributed by atoms with Gasteiger partial charge in [-0.25, -0.2) is 4.98 Å². The molecule has 6 nitrogen and oxygen atoms in total. The zero-order valence-corrected chi connectivity index (χ0v) is 14.7. The van der Waals surface area contributed by atoms with Crippen LogP contribution in [-0.4, -0.2) is 24.9 Å². The number of anilines is 1. The zero-order chi connectivity index (χ0) is 18.1. The van der Waals surface area contributed by atoms with Crippen LogP contribution in [0.1, 0.15) is 35.7 Å². The van der Waals surface area contributed by atoms with Crippen LogP contribution in [0.2, 0.25) is 0 Å². The lowest BCUT2D eigenvalue weighted by molar-refractivity contribution is 0.184. The Balaban J connectivity index is 2.22. The fourth-order valence-electron chi connectivity index (χ4n) is 2.31. The number of benzene rings is 1. The smallest absolute Gasteiger partial charge is 0.164 e. The summed E-state index contributed by atoms with van der Waals surface area (Å²) in [5.74, 6) is 1.19. The number of nitrogens with one attached hydrogen (secondary N) is 1. The lowest BCUT2D eigenvalue weighted by atomic mass is 10.1. The molecule has 1 aromatic heterocycles. The van der Waals surface area contributed by atoms with Crippen molar-refractivity contribution in [3.63, 3.8) is 0 Å². The lowest BCUT2D eigenvalue weighted by Gasteiger charge is -2.10. The van der Waals surface area contributed by atoms with E-state index in [1.165, 1.54) is 0 Å². The summed E-state index contributed by atoms with van der Waals surface area (Å²) >= 11 is 0. The number of ether oxygens (including phenoxy) is 2. The van der Waals surface area contributed by atoms with E-state index >= 15 is 0 Å². The van der Waals surface area contributed by atoms with Gasteiger partial charge in [0.25, 0.3) is 0 Å². The van der Waals surface area contributed by atoms with E-state index in [0.29, 0.717) is 24.6 Å². The number of rotatable bonds is 8. The topological polar surface area (TPSA) is 79.5 Å². The van der Waals surface area contributed by atoms with Gasteiger partial charge in [-0.1, -0.05) is 19.1 Å². The van der Waals surface area contributed by atoms with Gasteiger partial charge < -0.3 is 9.47 Å². The van der Waals surface area contributed by atoms with E-state index in [-0.39, 0.29) is 0 Å². The Morgan fingerprint density at radius 3 is 2.88 bits per heavy atom. The Hall–Kier alpha value is -2.91. The number of pyridine rings is 1. The molecule has 0 atom stereocenters. The maximum atomic E-state index is 9.42. The Labute approximate surface area is 148 Å². The zero-order valence-electron chi connectivity index (χ0n) is 14.7. The van der Waals surface area contributed by atoms with Gasteiger partial charge in [0, 0.05) is 23.9 Å². The molecule has 1 aromatic carbocycles. The monoisotopic (exact) mass is 338 g/mol. The molecule has 1 N–H and O–H groups in total. The Bertz CT molecular complexity index is 781. The second-order valence-corrected chi connectivity index (χ2v) is 5.45. The summed E-state index contributed by atoms with van der Waals surface area (Å²) in [5, 5.41) is 13.6. The quantitative estimate of drug-likeness (QED) is 0.587. The number of hydrogen-bond acceptors (Lipinski definition) is 6. The van der Waals surface area contributed by atoms with Crippen molar-refractivity contribution < 1.29 is 9.47 Å². The molecule has 25 heavy (non-hydrogen) atoms. The van der Waals surface area contributed by atoms with Gasteiger partial charge in [-0.3, -0.25) is 5.43 Å². The highest BCUT2D eigenvalue weighted by atomic mass is 16.5. The first kappa shape index (κ1) is 18.4. The van der Waals surface area contributed by atoms with E-state index < -0.39 is 0 Å². The Morgan fingerprint density at radius 2 is 2.16 bits per heavy atom. The number of methoxy groups -OCH3 is 1. The minimum Gasteiger partial charge on any atom is -0.493 e. The van der Waals surface area contributed by atoms with Crippen molar-refractivity contribution in [1.82, 2.24) is 4.98 Å². The molecule has 0 aliphatic carbocycles. The van der Waals surface area contributed by atoms with Crippen LogP contribution in [0.15, 0.2) is 35.4 Å². The molecule has 130 valence electrons. The average molecular weight is 338 g/mol. The summed E-state index contributed by atoms with van der Waals surface area (Å²) in [5.41, 5.74) is 5.71. The minimum atomic E-state index is 0.346. The summed E-state index contributed by atoms with van der Waals surface area (Å²) in [6.45, 7) is 4.92. The molecule has 0 radical (unpaired) electrons. The first-order valence-electron chi connectivity index (χ1n) is 8.10. The second-order valence-electron chi connectivity index (χ2n) is 5.45. The van der Waals surface area contributed by atoms with Crippen molar-refractivity contribution in [3.8, 4) is 11.8 Å². The average Bonchev–Trinajstić information content (AvgIpc) is 2.61. The predicted octanol–water partition coefficient (Wildman–Crippen LogP) is 3.64. The van der Waals surface area contributed by atoms with E-state index in [9.17, 15) is 5.26 Å². The fourth-order valence-corrected chi connectivity index (χ4v) is 2.31. The standard InChI is InChI=1S/C19H22N4O2/c1-4-9-25-18-8-6-5-7-15(18)12-21-23-19-17(11-20)16(13-24-3)10-14(2)22-19/h5-8,10,12H,4,9,13H2,1-3H3,(H,22,23)/b21-12-. The van der Waals surface area contributed by atoms with E-state index in [1.54, 1.807) is 13.3 Å². The molecule has 1 heterocycles. The van der Waals surface area contributed by atoms with Crippen LogP contribution in [-0.2, 0) is 11.3 Å². The normalized spacial score (nSPS) is 10.6. The van der Waals surface area contributed by atoms with Crippen molar-refractivity contribution >= 4 is 12.0 Å². The number of aryl methyl sites for hydroxylation is 1. The van der Waals surface area contributed by atoms with Gasteiger partial charge in [-0.15, -0.1) is 0 Å². The molecule has 0 bridgehead atoms.